The molecule has 10 heteroatoms. The van der Waals surface area contributed by atoms with E-state index in [1.807, 2.05) is 19.1 Å². The lowest BCUT2D eigenvalue weighted by molar-refractivity contribution is -0.114. The normalized spacial score (nSPS) is 21.9. The Bertz CT molecular complexity index is 954. The highest BCUT2D eigenvalue weighted by Gasteiger charge is 2.52. The first-order valence-electron chi connectivity index (χ1n) is 10.4. The predicted octanol–water partition coefficient (Wildman–Crippen LogP) is 2.24. The fourth-order valence-electron chi connectivity index (χ4n) is 4.27. The summed E-state index contributed by atoms with van der Waals surface area (Å²) in [7, 11) is 0. The van der Waals surface area contributed by atoms with Crippen molar-refractivity contribution in [1.29, 1.82) is 0 Å². The highest BCUT2D eigenvalue weighted by Crippen LogP contribution is 2.37. The molecule has 166 valence electrons. The van der Waals surface area contributed by atoms with Crippen molar-refractivity contribution in [3.8, 4) is 0 Å². The number of rotatable bonds is 5. The second kappa shape index (κ2) is 8.52. The lowest BCUT2D eigenvalue weighted by Gasteiger charge is -2.42. The Morgan fingerprint density at radius 2 is 2.10 bits per heavy atom. The molecule has 1 spiro atoms. The van der Waals surface area contributed by atoms with E-state index in [0.29, 0.717) is 24.5 Å². The van der Waals surface area contributed by atoms with Crippen molar-refractivity contribution in [2.45, 2.75) is 58.0 Å². The zero-order chi connectivity index (χ0) is 22.2. The van der Waals surface area contributed by atoms with E-state index in [4.69, 9.17) is 0 Å². The molecule has 4 heterocycles. The molecule has 2 atom stereocenters. The number of pyridine rings is 1. The minimum atomic E-state index is -0.881. The zero-order valence-electron chi connectivity index (χ0n) is 18.0. The molecule has 2 aliphatic rings. The summed E-state index contributed by atoms with van der Waals surface area (Å²) in [5.74, 6) is -0.134. The van der Waals surface area contributed by atoms with Crippen LogP contribution < -0.4 is 10.6 Å². The number of likely N-dealkylation sites (tertiary alicyclic amines) is 1. The van der Waals surface area contributed by atoms with Crippen LogP contribution in [-0.2, 0) is 11.3 Å². The van der Waals surface area contributed by atoms with Gasteiger partial charge in [0.1, 0.15) is 0 Å². The van der Waals surface area contributed by atoms with E-state index < -0.39 is 11.8 Å². The van der Waals surface area contributed by atoms with Crippen molar-refractivity contribution in [3.05, 3.63) is 40.7 Å². The number of hydrogen-bond donors (Lipinski definition) is 3. The second-order valence-electron chi connectivity index (χ2n) is 8.36. The van der Waals surface area contributed by atoms with Crippen LogP contribution >= 0.6 is 11.3 Å². The average molecular weight is 445 g/mol. The number of hydrogen-bond acceptors (Lipinski definition) is 7. The van der Waals surface area contributed by atoms with Gasteiger partial charge in [0.2, 0.25) is 5.91 Å². The third kappa shape index (κ3) is 4.41. The molecule has 3 N–H and O–H groups in total. The summed E-state index contributed by atoms with van der Waals surface area (Å²) in [6.07, 6.45) is 3.98. The van der Waals surface area contributed by atoms with Gasteiger partial charge in [-0.05, 0) is 38.3 Å². The summed E-state index contributed by atoms with van der Waals surface area (Å²) < 4.78 is 0. The lowest BCUT2D eigenvalue weighted by atomic mass is 9.86. The van der Waals surface area contributed by atoms with Gasteiger partial charge in [0, 0.05) is 49.0 Å². The number of aliphatic hydroxyl groups excluding tert-OH is 1. The van der Waals surface area contributed by atoms with Crippen LogP contribution in [0.25, 0.3) is 0 Å². The molecule has 9 nitrogen and oxygen atoms in total. The molecule has 2 fully saturated rings. The maximum atomic E-state index is 12.6. The summed E-state index contributed by atoms with van der Waals surface area (Å²) in [6, 6.07) is 3.74. The first kappa shape index (κ1) is 21.7. The summed E-state index contributed by atoms with van der Waals surface area (Å²) in [5, 5.41) is 17.4. The third-order valence-electron chi connectivity index (χ3n) is 6.19. The minimum Gasteiger partial charge on any atom is -0.371 e. The number of aromatic nitrogens is 2. The Kier molecular flexibility index (Phi) is 5.96. The van der Waals surface area contributed by atoms with Crippen molar-refractivity contribution in [3.63, 3.8) is 0 Å². The quantitative estimate of drug-likeness (QED) is 0.652. The fourth-order valence-corrected chi connectivity index (χ4v) is 5.22. The van der Waals surface area contributed by atoms with Crippen LogP contribution in [0.2, 0.25) is 0 Å². The number of anilines is 1. The number of aryl methyl sites for hydroxylation is 1. The smallest absolute Gasteiger partial charge is 0.320 e. The van der Waals surface area contributed by atoms with Gasteiger partial charge in [0.15, 0.2) is 11.4 Å². The monoisotopic (exact) mass is 444 g/mol. The molecule has 1 unspecified atom stereocenters. The maximum absolute atomic E-state index is 12.6. The number of urea groups is 1. The van der Waals surface area contributed by atoms with Gasteiger partial charge >= 0.3 is 6.03 Å². The molecule has 2 aromatic heterocycles. The Morgan fingerprint density at radius 3 is 2.74 bits per heavy atom. The molecule has 2 saturated heterocycles. The largest absolute Gasteiger partial charge is 0.371 e. The van der Waals surface area contributed by atoms with Gasteiger partial charge in [-0.2, -0.15) is 0 Å². The number of piperidine rings is 1. The Balaban J connectivity index is 1.39. The van der Waals surface area contributed by atoms with Crippen molar-refractivity contribution < 1.29 is 14.7 Å². The van der Waals surface area contributed by atoms with E-state index in [-0.39, 0.29) is 18.0 Å². The molecular formula is C21H28N6O3S. The van der Waals surface area contributed by atoms with Gasteiger partial charge in [0.05, 0.1) is 12.1 Å². The van der Waals surface area contributed by atoms with Crippen molar-refractivity contribution in [2.75, 3.05) is 18.4 Å². The zero-order valence-corrected chi connectivity index (χ0v) is 18.8. The molecule has 0 saturated carbocycles. The molecular weight excluding hydrogens is 416 g/mol. The van der Waals surface area contributed by atoms with Gasteiger partial charge in [-0.15, -0.1) is 11.3 Å². The molecule has 0 radical (unpaired) electrons. The lowest BCUT2D eigenvalue weighted by Crippen LogP contribution is -2.57. The van der Waals surface area contributed by atoms with Crippen molar-refractivity contribution >= 4 is 28.4 Å². The Morgan fingerprint density at radius 1 is 1.35 bits per heavy atom. The summed E-state index contributed by atoms with van der Waals surface area (Å²) in [6.45, 7) is 7.31. The number of aliphatic hydroxyl groups is 1. The first-order chi connectivity index (χ1) is 14.8. The molecule has 31 heavy (non-hydrogen) atoms. The molecule has 0 aromatic carbocycles. The molecule has 3 amide bonds. The van der Waals surface area contributed by atoms with Crippen LogP contribution in [0, 0.1) is 6.92 Å². The standard InChI is InChI=1S/C21H28N6O3S/c1-13-4-5-16(10-22-13)12-27-18(29)21(25-20(27)30)6-8-26(9-7-21)14(2)17-11-23-19(31-17)24-15(3)28/h4-5,10-11,14,18,29H,6-9,12H2,1-3H3,(H,25,30)(H,23,24,28)/t14-,18?/m0/s1. The van der Waals surface area contributed by atoms with Gasteiger partial charge in [-0.1, -0.05) is 6.07 Å². The average Bonchev–Trinajstić information content (AvgIpc) is 3.28. The molecule has 4 rings (SSSR count). The third-order valence-corrected chi connectivity index (χ3v) is 7.27. The number of amides is 3. The topological polar surface area (TPSA) is 111 Å². The van der Waals surface area contributed by atoms with Crippen LogP contribution in [0.1, 0.15) is 48.9 Å². The predicted molar refractivity (Wildman–Crippen MR) is 117 cm³/mol. The van der Waals surface area contributed by atoms with E-state index in [1.165, 1.54) is 23.2 Å². The highest BCUT2D eigenvalue weighted by molar-refractivity contribution is 7.15. The number of nitrogens with zero attached hydrogens (tertiary/aromatic N) is 4. The summed E-state index contributed by atoms with van der Waals surface area (Å²) in [5.41, 5.74) is 1.17. The van der Waals surface area contributed by atoms with Gasteiger partial charge in [-0.3, -0.25) is 19.6 Å². The summed E-state index contributed by atoms with van der Waals surface area (Å²) >= 11 is 1.47. The first-order valence-corrected chi connectivity index (χ1v) is 11.2. The van der Waals surface area contributed by atoms with E-state index in [9.17, 15) is 14.7 Å². The number of nitrogens with one attached hydrogen (secondary N) is 2. The molecule has 2 aromatic rings. The summed E-state index contributed by atoms with van der Waals surface area (Å²) in [4.78, 5) is 37.3. The van der Waals surface area contributed by atoms with Crippen LogP contribution in [-0.4, -0.2) is 61.7 Å². The van der Waals surface area contributed by atoms with E-state index in [1.54, 1.807) is 12.4 Å². The van der Waals surface area contributed by atoms with Crippen LogP contribution in [0.5, 0.6) is 0 Å². The number of carbonyl (C=O) groups excluding carboxylic acids is 2. The number of thiazole rings is 1. The Hall–Kier alpha value is -2.56. The fraction of sp³-hybridized carbons (Fsp3) is 0.524. The van der Waals surface area contributed by atoms with Crippen molar-refractivity contribution in [2.24, 2.45) is 0 Å². The van der Waals surface area contributed by atoms with Gasteiger partial charge in [-0.25, -0.2) is 9.78 Å². The highest BCUT2D eigenvalue weighted by atomic mass is 32.1. The SMILES string of the molecule is CC(=O)Nc1ncc([C@H](C)N2CCC3(CC2)NC(=O)N(Cc2ccc(C)nc2)C3O)s1. The van der Waals surface area contributed by atoms with E-state index >= 15 is 0 Å². The molecule has 0 bridgehead atoms. The van der Waals surface area contributed by atoms with Crippen molar-refractivity contribution in [1.82, 2.24) is 25.1 Å². The second-order valence-corrected chi connectivity index (χ2v) is 9.42. The maximum Gasteiger partial charge on any atom is 0.320 e. The van der Waals surface area contributed by atoms with Crippen LogP contribution in [0.3, 0.4) is 0 Å². The van der Waals surface area contributed by atoms with Gasteiger partial charge < -0.3 is 15.7 Å². The molecule has 0 aliphatic carbocycles. The van der Waals surface area contributed by atoms with E-state index in [0.717, 1.165) is 29.2 Å². The Labute approximate surface area is 185 Å². The minimum absolute atomic E-state index is 0.134. The molecule has 2 aliphatic heterocycles. The van der Waals surface area contributed by atoms with Gasteiger partial charge in [0.25, 0.3) is 0 Å². The number of carbonyl (C=O) groups is 2. The van der Waals surface area contributed by atoms with Crippen LogP contribution in [0.4, 0.5) is 9.93 Å². The van der Waals surface area contributed by atoms with Crippen LogP contribution in [0.15, 0.2) is 24.5 Å². The van der Waals surface area contributed by atoms with E-state index in [2.05, 4.69) is 32.4 Å².